The molecule has 3 aromatic rings. The summed E-state index contributed by atoms with van der Waals surface area (Å²) in [5, 5.41) is 20.6. The predicted molar refractivity (Wildman–Crippen MR) is 149 cm³/mol. The molecule has 5 rings (SSSR count). The van der Waals surface area contributed by atoms with Gasteiger partial charge in [0.05, 0.1) is 22.1 Å². The normalized spacial score (nSPS) is 18.3. The van der Waals surface area contributed by atoms with Crippen molar-refractivity contribution in [3.63, 3.8) is 0 Å². The van der Waals surface area contributed by atoms with Gasteiger partial charge >= 0.3 is 5.63 Å². The maximum absolute atomic E-state index is 13.5. The van der Waals surface area contributed by atoms with Gasteiger partial charge in [0.15, 0.2) is 0 Å². The standard InChI is InChI=1S/C31H34N2O5S/c1-2-7-22-8-4-3-5-11-26-29(34)28(31(35)38-30(22)26)27(21-14-15-21)23-9-6-10-24(18-23)33-39(36,37)25-16-12-20(19-32)13-17-25/h6,9-10,12-13,16-18,21-22,27,33-34H,2-5,7-8,11,14-15H2,1H3/t22-,27-/m1/s1. The molecular formula is C31H34N2O5S. The highest BCUT2D eigenvalue weighted by Gasteiger charge is 2.39. The minimum Gasteiger partial charge on any atom is -0.507 e. The molecule has 2 aliphatic rings. The Hall–Kier alpha value is -3.57. The van der Waals surface area contributed by atoms with E-state index in [2.05, 4.69) is 11.6 Å². The molecule has 0 bridgehead atoms. The number of hydrogen-bond acceptors (Lipinski definition) is 6. The lowest BCUT2D eigenvalue weighted by molar-refractivity contribution is 0.345. The number of nitriles is 1. The van der Waals surface area contributed by atoms with E-state index >= 15 is 0 Å². The summed E-state index contributed by atoms with van der Waals surface area (Å²) >= 11 is 0. The zero-order chi connectivity index (χ0) is 27.6. The Morgan fingerprint density at radius 1 is 1.10 bits per heavy atom. The van der Waals surface area contributed by atoms with Crippen LogP contribution in [-0.2, 0) is 16.4 Å². The molecule has 0 aliphatic heterocycles. The van der Waals surface area contributed by atoms with Crippen molar-refractivity contribution in [2.24, 2.45) is 5.92 Å². The Balaban J connectivity index is 1.52. The van der Waals surface area contributed by atoms with Crippen LogP contribution >= 0.6 is 0 Å². The van der Waals surface area contributed by atoms with Crippen molar-refractivity contribution in [1.29, 1.82) is 5.26 Å². The fraction of sp³-hybridized carbons (Fsp3) is 0.419. The molecule has 0 saturated heterocycles. The highest BCUT2D eigenvalue weighted by molar-refractivity contribution is 7.92. The second kappa shape index (κ2) is 11.3. The van der Waals surface area contributed by atoms with Crippen LogP contribution in [0.2, 0.25) is 0 Å². The molecule has 204 valence electrons. The summed E-state index contributed by atoms with van der Waals surface area (Å²) in [5.74, 6) is 0.631. The monoisotopic (exact) mass is 546 g/mol. The molecule has 1 heterocycles. The van der Waals surface area contributed by atoms with Gasteiger partial charge in [0.25, 0.3) is 10.0 Å². The van der Waals surface area contributed by atoms with E-state index in [0.29, 0.717) is 29.0 Å². The van der Waals surface area contributed by atoms with Crippen molar-refractivity contribution in [3.8, 4) is 11.8 Å². The van der Waals surface area contributed by atoms with Gasteiger partial charge in [-0.25, -0.2) is 13.2 Å². The molecule has 2 aliphatic carbocycles. The van der Waals surface area contributed by atoms with Gasteiger partial charge in [0.1, 0.15) is 11.5 Å². The van der Waals surface area contributed by atoms with E-state index in [1.54, 1.807) is 18.2 Å². The molecule has 1 saturated carbocycles. The fourth-order valence-electron chi connectivity index (χ4n) is 5.88. The maximum atomic E-state index is 13.5. The fourth-order valence-corrected chi connectivity index (χ4v) is 6.93. The number of sulfonamides is 1. The molecule has 7 nitrogen and oxygen atoms in total. The van der Waals surface area contributed by atoms with Crippen LogP contribution in [0.1, 0.15) is 98.1 Å². The van der Waals surface area contributed by atoms with Crippen LogP contribution in [0, 0.1) is 17.2 Å². The molecule has 2 N–H and O–H groups in total. The first-order valence-electron chi connectivity index (χ1n) is 13.8. The molecule has 8 heteroatoms. The van der Waals surface area contributed by atoms with Gasteiger partial charge in [-0.3, -0.25) is 4.72 Å². The van der Waals surface area contributed by atoms with E-state index in [-0.39, 0.29) is 28.4 Å². The first-order chi connectivity index (χ1) is 18.8. The van der Waals surface area contributed by atoms with Gasteiger partial charge in [-0.05, 0) is 86.4 Å². The Morgan fingerprint density at radius 3 is 2.56 bits per heavy atom. The van der Waals surface area contributed by atoms with Crippen LogP contribution < -0.4 is 10.3 Å². The first-order valence-corrected chi connectivity index (χ1v) is 15.3. The van der Waals surface area contributed by atoms with Crippen molar-refractivity contribution in [2.75, 3.05) is 4.72 Å². The Kier molecular flexibility index (Phi) is 7.81. The van der Waals surface area contributed by atoms with E-state index in [0.717, 1.165) is 62.5 Å². The SMILES string of the molecule is CCC[C@@H]1CCCCCc2c1oc(=O)c([C@@H](c1cccc(NS(=O)(=O)c3ccc(C#N)cc3)c1)C1CC1)c2O. The molecule has 1 fully saturated rings. The number of fused-ring (bicyclic) bond motifs is 1. The van der Waals surface area contributed by atoms with Gasteiger partial charge in [0.2, 0.25) is 0 Å². The zero-order valence-corrected chi connectivity index (χ0v) is 23.0. The molecule has 2 atom stereocenters. The summed E-state index contributed by atoms with van der Waals surface area (Å²) in [7, 11) is -3.89. The van der Waals surface area contributed by atoms with Gasteiger partial charge in [-0.2, -0.15) is 5.26 Å². The van der Waals surface area contributed by atoms with Gasteiger partial charge in [-0.15, -0.1) is 0 Å². The summed E-state index contributed by atoms with van der Waals surface area (Å²) in [5.41, 5.74) is 2.06. The van der Waals surface area contributed by atoms with Crippen molar-refractivity contribution < 1.29 is 17.9 Å². The van der Waals surface area contributed by atoms with E-state index in [9.17, 15) is 18.3 Å². The lowest BCUT2D eigenvalue weighted by Crippen LogP contribution is -2.20. The Morgan fingerprint density at radius 2 is 1.87 bits per heavy atom. The largest absolute Gasteiger partial charge is 0.507 e. The van der Waals surface area contributed by atoms with Crippen LogP contribution in [0.25, 0.3) is 0 Å². The number of nitrogens with zero attached hydrogens (tertiary/aromatic N) is 1. The summed E-state index contributed by atoms with van der Waals surface area (Å²) in [6.45, 7) is 2.12. The number of hydrogen-bond donors (Lipinski definition) is 2. The van der Waals surface area contributed by atoms with E-state index < -0.39 is 15.6 Å². The van der Waals surface area contributed by atoms with Gasteiger partial charge < -0.3 is 9.52 Å². The summed E-state index contributed by atoms with van der Waals surface area (Å²) in [6, 6.07) is 14.7. The number of aromatic hydroxyl groups is 1. The summed E-state index contributed by atoms with van der Waals surface area (Å²) in [4.78, 5) is 13.5. The average molecular weight is 547 g/mol. The number of benzene rings is 2. The van der Waals surface area contributed by atoms with Crippen LogP contribution in [0.4, 0.5) is 5.69 Å². The second-order valence-corrected chi connectivity index (χ2v) is 12.4. The van der Waals surface area contributed by atoms with Crippen LogP contribution in [0.15, 0.2) is 62.6 Å². The molecule has 39 heavy (non-hydrogen) atoms. The average Bonchev–Trinajstić information content (AvgIpc) is 3.75. The first kappa shape index (κ1) is 27.0. The highest BCUT2D eigenvalue weighted by atomic mass is 32.2. The molecule has 1 aromatic heterocycles. The predicted octanol–water partition coefficient (Wildman–Crippen LogP) is 6.56. The third-order valence-electron chi connectivity index (χ3n) is 7.94. The van der Waals surface area contributed by atoms with Crippen molar-refractivity contribution in [3.05, 3.63) is 87.0 Å². The van der Waals surface area contributed by atoms with E-state index in [1.807, 2.05) is 12.1 Å². The smallest absolute Gasteiger partial charge is 0.343 e. The number of rotatable bonds is 8. The number of nitrogens with one attached hydrogen (secondary N) is 1. The maximum Gasteiger partial charge on any atom is 0.343 e. The molecule has 0 unspecified atom stereocenters. The topological polar surface area (TPSA) is 120 Å². The molecule has 2 aromatic carbocycles. The lowest BCUT2D eigenvalue weighted by atomic mass is 9.82. The highest BCUT2D eigenvalue weighted by Crippen LogP contribution is 2.49. The van der Waals surface area contributed by atoms with Crippen molar-refractivity contribution in [2.45, 2.75) is 81.4 Å². The van der Waals surface area contributed by atoms with E-state index in [4.69, 9.17) is 9.68 Å². The van der Waals surface area contributed by atoms with E-state index in [1.165, 1.54) is 24.3 Å². The molecule has 0 radical (unpaired) electrons. The second-order valence-electron chi connectivity index (χ2n) is 10.8. The molecular weight excluding hydrogens is 512 g/mol. The summed E-state index contributed by atoms with van der Waals surface area (Å²) < 4.78 is 34.7. The van der Waals surface area contributed by atoms with Crippen molar-refractivity contribution >= 4 is 15.7 Å². The van der Waals surface area contributed by atoms with Gasteiger partial charge in [0, 0.05) is 23.1 Å². The minimum absolute atomic E-state index is 0.0484. The van der Waals surface area contributed by atoms with Crippen LogP contribution in [-0.4, -0.2) is 13.5 Å². The zero-order valence-electron chi connectivity index (χ0n) is 22.2. The lowest BCUT2D eigenvalue weighted by Gasteiger charge is -2.25. The van der Waals surface area contributed by atoms with Gasteiger partial charge in [-0.1, -0.05) is 38.3 Å². The minimum atomic E-state index is -3.89. The summed E-state index contributed by atoms with van der Waals surface area (Å²) in [6.07, 6.45) is 8.48. The van der Waals surface area contributed by atoms with Crippen LogP contribution in [0.3, 0.4) is 0 Å². The Labute approximate surface area is 229 Å². The van der Waals surface area contributed by atoms with Crippen molar-refractivity contribution in [1.82, 2.24) is 0 Å². The molecule has 0 spiro atoms. The number of anilines is 1. The third kappa shape index (κ3) is 5.74. The third-order valence-corrected chi connectivity index (χ3v) is 9.34. The molecule has 0 amide bonds. The van der Waals surface area contributed by atoms with Crippen LogP contribution in [0.5, 0.6) is 5.75 Å². The quantitative estimate of drug-likeness (QED) is 0.330. The Bertz CT molecular complexity index is 1550.